The van der Waals surface area contributed by atoms with Gasteiger partial charge in [0.15, 0.2) is 0 Å². The first-order valence-corrected chi connectivity index (χ1v) is 10.2. The van der Waals surface area contributed by atoms with Crippen LogP contribution in [0.4, 0.5) is 0 Å². The molecular weight excluding hydrogens is 382 g/mol. The minimum Gasteiger partial charge on any atom is -0.341 e. The van der Waals surface area contributed by atoms with Crippen molar-refractivity contribution in [3.05, 3.63) is 61.8 Å². The number of carbonyl (C=O) groups excluding carboxylic acids is 1. The van der Waals surface area contributed by atoms with E-state index in [2.05, 4.69) is 0 Å². The van der Waals surface area contributed by atoms with Crippen molar-refractivity contribution in [3.8, 4) is 0 Å². The molecule has 27 heavy (non-hydrogen) atoms. The minimum absolute atomic E-state index is 0.00660. The maximum absolute atomic E-state index is 12.9. The fourth-order valence-corrected chi connectivity index (χ4v) is 4.39. The van der Waals surface area contributed by atoms with Gasteiger partial charge in [-0.05, 0) is 37.1 Å². The van der Waals surface area contributed by atoms with Crippen LogP contribution in [0.25, 0.3) is 10.9 Å². The molecule has 1 aromatic carbocycles. The van der Waals surface area contributed by atoms with Crippen molar-refractivity contribution in [2.24, 2.45) is 0 Å². The third-order valence-corrected chi connectivity index (χ3v) is 6.02. The number of hydrogen-bond acceptors (Lipinski definition) is 4. The quantitative estimate of drug-likeness (QED) is 0.626. The van der Waals surface area contributed by atoms with Gasteiger partial charge in [0.2, 0.25) is 5.91 Å². The molecular formula is C20H20ClN3O2S. The van der Waals surface area contributed by atoms with Crippen LogP contribution in [-0.2, 0) is 17.8 Å². The highest BCUT2D eigenvalue weighted by atomic mass is 35.5. The molecule has 0 spiro atoms. The van der Waals surface area contributed by atoms with Crippen molar-refractivity contribution < 1.29 is 4.79 Å². The molecule has 0 saturated heterocycles. The smallest absolute Gasteiger partial charge is 0.261 e. The molecule has 1 saturated carbocycles. The molecule has 2 aromatic heterocycles. The molecule has 0 bridgehead atoms. The summed E-state index contributed by atoms with van der Waals surface area (Å²) in [5.41, 5.74) is 0.704. The van der Waals surface area contributed by atoms with Crippen LogP contribution in [0.2, 0.25) is 4.34 Å². The largest absolute Gasteiger partial charge is 0.341 e. The standard InChI is InChI=1S/C20H20ClN3O2S/c1-23(12-14-8-9-17(21)27-14)19(25)11-10-18-22-16-5-3-2-4-15(16)20(26)24(18)13-6-7-13/h2-5,8-9,13H,6-7,10-12H2,1H3. The summed E-state index contributed by atoms with van der Waals surface area (Å²) in [5.74, 6) is 0.742. The van der Waals surface area contributed by atoms with Crippen molar-refractivity contribution >= 4 is 39.7 Å². The summed E-state index contributed by atoms with van der Waals surface area (Å²) in [6.07, 6.45) is 2.79. The van der Waals surface area contributed by atoms with Gasteiger partial charge in [-0.3, -0.25) is 14.2 Å². The summed E-state index contributed by atoms with van der Waals surface area (Å²) in [4.78, 5) is 32.9. The predicted octanol–water partition coefficient (Wildman–Crippen LogP) is 4.04. The van der Waals surface area contributed by atoms with E-state index in [4.69, 9.17) is 16.6 Å². The van der Waals surface area contributed by atoms with Gasteiger partial charge in [-0.25, -0.2) is 4.98 Å². The number of aryl methyl sites for hydroxylation is 1. The van der Waals surface area contributed by atoms with Crippen LogP contribution in [0, 0.1) is 0 Å². The lowest BCUT2D eigenvalue weighted by atomic mass is 10.2. The topological polar surface area (TPSA) is 55.2 Å². The lowest BCUT2D eigenvalue weighted by molar-refractivity contribution is -0.130. The van der Waals surface area contributed by atoms with Crippen LogP contribution in [0.5, 0.6) is 0 Å². The molecule has 2 heterocycles. The molecule has 1 amide bonds. The van der Waals surface area contributed by atoms with E-state index in [1.807, 2.05) is 36.4 Å². The molecule has 0 radical (unpaired) electrons. The number of rotatable bonds is 6. The van der Waals surface area contributed by atoms with Gasteiger partial charge in [0, 0.05) is 30.8 Å². The second kappa shape index (κ2) is 7.44. The Hall–Kier alpha value is -2.18. The summed E-state index contributed by atoms with van der Waals surface area (Å²) in [5, 5.41) is 0.645. The molecule has 4 rings (SSSR count). The van der Waals surface area contributed by atoms with Crippen LogP contribution in [0.15, 0.2) is 41.2 Å². The van der Waals surface area contributed by atoms with Crippen molar-refractivity contribution in [1.82, 2.24) is 14.5 Å². The van der Waals surface area contributed by atoms with Gasteiger partial charge in [-0.1, -0.05) is 23.7 Å². The number of halogens is 1. The molecule has 0 unspecified atom stereocenters. The summed E-state index contributed by atoms with van der Waals surface area (Å²) in [7, 11) is 1.79. The van der Waals surface area contributed by atoms with E-state index >= 15 is 0 Å². The maximum atomic E-state index is 12.9. The zero-order valence-electron chi connectivity index (χ0n) is 15.0. The molecule has 1 aliphatic rings. The summed E-state index contributed by atoms with van der Waals surface area (Å²) in [6.45, 7) is 0.538. The lowest BCUT2D eigenvalue weighted by Gasteiger charge is -2.17. The zero-order chi connectivity index (χ0) is 19.0. The average molecular weight is 402 g/mol. The van der Waals surface area contributed by atoms with E-state index in [0.29, 0.717) is 36.1 Å². The highest BCUT2D eigenvalue weighted by Gasteiger charge is 2.28. The molecule has 0 aliphatic heterocycles. The monoisotopic (exact) mass is 401 g/mol. The Bertz CT molecular complexity index is 1050. The highest BCUT2D eigenvalue weighted by Crippen LogP contribution is 2.35. The van der Waals surface area contributed by atoms with Crippen molar-refractivity contribution in [3.63, 3.8) is 0 Å². The summed E-state index contributed by atoms with van der Waals surface area (Å²) < 4.78 is 2.52. The lowest BCUT2D eigenvalue weighted by Crippen LogP contribution is -2.28. The van der Waals surface area contributed by atoms with Crippen LogP contribution in [0.3, 0.4) is 0 Å². The molecule has 0 atom stereocenters. The number of thiophene rings is 1. The van der Waals surface area contributed by atoms with Gasteiger partial charge in [-0.2, -0.15) is 0 Å². The van der Waals surface area contributed by atoms with Crippen molar-refractivity contribution in [2.45, 2.75) is 38.3 Å². The number of nitrogens with zero attached hydrogens (tertiary/aromatic N) is 3. The van der Waals surface area contributed by atoms with E-state index in [1.165, 1.54) is 11.3 Å². The van der Waals surface area contributed by atoms with E-state index in [1.54, 1.807) is 16.5 Å². The van der Waals surface area contributed by atoms with Crippen LogP contribution >= 0.6 is 22.9 Å². The SMILES string of the molecule is CN(Cc1ccc(Cl)s1)C(=O)CCc1nc2ccccc2c(=O)n1C1CC1. The average Bonchev–Trinajstić information content (AvgIpc) is 3.41. The van der Waals surface area contributed by atoms with Crippen molar-refractivity contribution in [1.29, 1.82) is 0 Å². The first kappa shape index (κ1) is 18.2. The number of amides is 1. The first-order valence-electron chi connectivity index (χ1n) is 9.01. The number of aromatic nitrogens is 2. The summed E-state index contributed by atoms with van der Waals surface area (Å²) >= 11 is 7.43. The Morgan fingerprint density at radius 1 is 1.30 bits per heavy atom. The van der Waals surface area contributed by atoms with Gasteiger partial charge < -0.3 is 4.90 Å². The molecule has 5 nitrogen and oxygen atoms in total. The van der Waals surface area contributed by atoms with Gasteiger partial charge in [-0.15, -0.1) is 11.3 Å². The fourth-order valence-electron chi connectivity index (χ4n) is 3.25. The second-order valence-corrected chi connectivity index (χ2v) is 8.71. The van der Waals surface area contributed by atoms with Crippen LogP contribution in [0.1, 0.15) is 36.0 Å². The molecule has 1 aliphatic carbocycles. The molecule has 0 N–H and O–H groups in total. The van der Waals surface area contributed by atoms with E-state index < -0.39 is 0 Å². The Labute approximate surface area is 166 Å². The third-order valence-electron chi connectivity index (χ3n) is 4.80. The first-order chi connectivity index (χ1) is 13.0. The van der Waals surface area contributed by atoms with E-state index in [0.717, 1.165) is 22.1 Å². The van der Waals surface area contributed by atoms with Gasteiger partial charge in [0.05, 0.1) is 21.8 Å². The number of para-hydroxylation sites is 1. The number of fused-ring (bicyclic) bond motifs is 1. The highest BCUT2D eigenvalue weighted by molar-refractivity contribution is 7.16. The molecule has 7 heteroatoms. The fraction of sp³-hybridized carbons (Fsp3) is 0.350. The number of hydrogen-bond donors (Lipinski definition) is 0. The second-order valence-electron chi connectivity index (χ2n) is 6.91. The number of carbonyl (C=O) groups is 1. The van der Waals surface area contributed by atoms with Gasteiger partial charge in [0.1, 0.15) is 5.82 Å². The Balaban J connectivity index is 1.52. The van der Waals surface area contributed by atoms with E-state index in [9.17, 15) is 9.59 Å². The molecule has 3 aromatic rings. The Morgan fingerprint density at radius 2 is 2.07 bits per heavy atom. The number of benzene rings is 1. The van der Waals surface area contributed by atoms with Gasteiger partial charge in [0.25, 0.3) is 5.56 Å². The van der Waals surface area contributed by atoms with Crippen LogP contribution < -0.4 is 5.56 Å². The summed E-state index contributed by atoms with van der Waals surface area (Å²) in [6, 6.07) is 11.4. The molecule has 1 fully saturated rings. The Morgan fingerprint density at radius 3 is 2.78 bits per heavy atom. The zero-order valence-corrected chi connectivity index (χ0v) is 16.6. The molecule has 140 valence electrons. The van der Waals surface area contributed by atoms with E-state index in [-0.39, 0.29) is 17.5 Å². The van der Waals surface area contributed by atoms with Gasteiger partial charge >= 0.3 is 0 Å². The minimum atomic E-state index is 0.00660. The van der Waals surface area contributed by atoms with Crippen LogP contribution in [-0.4, -0.2) is 27.4 Å². The predicted molar refractivity (Wildman–Crippen MR) is 108 cm³/mol. The Kier molecular flexibility index (Phi) is 5.02. The van der Waals surface area contributed by atoms with Crippen molar-refractivity contribution in [2.75, 3.05) is 7.05 Å². The normalized spacial score (nSPS) is 13.9. The maximum Gasteiger partial charge on any atom is 0.261 e. The third kappa shape index (κ3) is 3.92.